The number of rotatable bonds is 6. The van der Waals surface area contributed by atoms with E-state index >= 15 is 0 Å². The van der Waals surface area contributed by atoms with Crippen LogP contribution < -0.4 is 10.6 Å². The van der Waals surface area contributed by atoms with Gasteiger partial charge in [-0.25, -0.2) is 9.18 Å². The second kappa shape index (κ2) is 8.50. The maximum atomic E-state index is 12.9. The monoisotopic (exact) mass is 323 g/mol. The Labute approximate surface area is 137 Å². The van der Waals surface area contributed by atoms with Crippen molar-refractivity contribution >= 4 is 11.9 Å². The molecule has 0 fully saturated rings. The van der Waals surface area contributed by atoms with E-state index in [0.29, 0.717) is 6.42 Å². The maximum Gasteiger partial charge on any atom is 0.315 e. The van der Waals surface area contributed by atoms with Gasteiger partial charge in [0.2, 0.25) is 5.91 Å². The number of nitrogens with one attached hydrogen (secondary N) is 2. The fourth-order valence-electron chi connectivity index (χ4n) is 2.24. The zero-order valence-corrected chi connectivity index (χ0v) is 14.4. The summed E-state index contributed by atoms with van der Waals surface area (Å²) in [7, 11) is 3.33. The van der Waals surface area contributed by atoms with Crippen LogP contribution in [0.15, 0.2) is 24.3 Å². The summed E-state index contributed by atoms with van der Waals surface area (Å²) in [6.07, 6.45) is 0.565. The van der Waals surface area contributed by atoms with Gasteiger partial charge in [0.25, 0.3) is 0 Å². The fourth-order valence-corrected chi connectivity index (χ4v) is 2.24. The zero-order chi connectivity index (χ0) is 17.6. The van der Waals surface area contributed by atoms with E-state index in [0.717, 1.165) is 5.56 Å². The van der Waals surface area contributed by atoms with E-state index in [1.54, 1.807) is 33.2 Å². The van der Waals surface area contributed by atoms with Gasteiger partial charge in [-0.1, -0.05) is 26.0 Å². The minimum atomic E-state index is -0.564. The van der Waals surface area contributed by atoms with Crippen LogP contribution in [0.25, 0.3) is 0 Å². The minimum Gasteiger partial charge on any atom is -0.347 e. The number of urea groups is 1. The third-order valence-corrected chi connectivity index (χ3v) is 3.47. The number of halogens is 1. The number of hydrogen-bond donors (Lipinski definition) is 2. The summed E-state index contributed by atoms with van der Waals surface area (Å²) in [6.45, 7) is 5.80. The molecule has 2 atom stereocenters. The molecule has 1 aromatic rings. The molecule has 0 radical (unpaired) electrons. The third kappa shape index (κ3) is 6.26. The number of hydrogen-bond acceptors (Lipinski definition) is 2. The van der Waals surface area contributed by atoms with Crippen molar-refractivity contribution in [2.24, 2.45) is 5.92 Å². The topological polar surface area (TPSA) is 61.4 Å². The summed E-state index contributed by atoms with van der Waals surface area (Å²) in [6, 6.07) is 4.68. The molecule has 0 aromatic heterocycles. The van der Waals surface area contributed by atoms with Crippen LogP contribution in [0.3, 0.4) is 0 Å². The van der Waals surface area contributed by atoms with Gasteiger partial charge in [-0.3, -0.25) is 4.79 Å². The quantitative estimate of drug-likeness (QED) is 0.845. The summed E-state index contributed by atoms with van der Waals surface area (Å²) in [5.41, 5.74) is 0.792. The number of nitrogens with zero attached hydrogens (tertiary/aromatic N) is 1. The number of carbonyl (C=O) groups is 2. The van der Waals surface area contributed by atoms with Gasteiger partial charge in [-0.15, -0.1) is 0 Å². The fraction of sp³-hybridized carbons (Fsp3) is 0.529. The molecule has 1 aromatic carbocycles. The van der Waals surface area contributed by atoms with E-state index in [4.69, 9.17) is 0 Å². The first-order valence-corrected chi connectivity index (χ1v) is 7.74. The lowest BCUT2D eigenvalue weighted by Crippen LogP contribution is -2.50. The number of benzene rings is 1. The molecule has 0 aliphatic carbocycles. The van der Waals surface area contributed by atoms with Gasteiger partial charge in [0.1, 0.15) is 11.9 Å². The van der Waals surface area contributed by atoms with Gasteiger partial charge in [-0.2, -0.15) is 0 Å². The SMILES string of the molecule is CC(C)C[C@@H](NC(=O)N[C@@H](C)c1ccc(F)cc1)C(=O)N(C)C. The van der Waals surface area contributed by atoms with Gasteiger partial charge in [0.15, 0.2) is 0 Å². The maximum absolute atomic E-state index is 12.9. The van der Waals surface area contributed by atoms with Gasteiger partial charge >= 0.3 is 6.03 Å². The summed E-state index contributed by atoms with van der Waals surface area (Å²) < 4.78 is 12.9. The van der Waals surface area contributed by atoms with Crippen LogP contribution in [0.2, 0.25) is 0 Å². The molecule has 23 heavy (non-hydrogen) atoms. The Hall–Kier alpha value is -2.11. The van der Waals surface area contributed by atoms with Crippen molar-refractivity contribution in [2.75, 3.05) is 14.1 Å². The Morgan fingerprint density at radius 1 is 1.09 bits per heavy atom. The van der Waals surface area contributed by atoms with Crippen molar-refractivity contribution < 1.29 is 14.0 Å². The van der Waals surface area contributed by atoms with Crippen LogP contribution in [0.1, 0.15) is 38.8 Å². The normalized spacial score (nSPS) is 13.3. The molecule has 0 saturated heterocycles. The van der Waals surface area contributed by atoms with Crippen LogP contribution in [0.5, 0.6) is 0 Å². The Bertz CT molecular complexity index is 529. The van der Waals surface area contributed by atoms with Crippen LogP contribution in [-0.4, -0.2) is 37.0 Å². The van der Waals surface area contributed by atoms with E-state index in [9.17, 15) is 14.0 Å². The highest BCUT2D eigenvalue weighted by atomic mass is 19.1. The van der Waals surface area contributed by atoms with E-state index in [1.165, 1.54) is 17.0 Å². The number of amides is 3. The predicted molar refractivity (Wildman–Crippen MR) is 88.4 cm³/mol. The van der Waals surface area contributed by atoms with Crippen LogP contribution in [-0.2, 0) is 4.79 Å². The Morgan fingerprint density at radius 2 is 1.65 bits per heavy atom. The lowest BCUT2D eigenvalue weighted by atomic mass is 10.0. The van der Waals surface area contributed by atoms with Crippen molar-refractivity contribution in [1.29, 1.82) is 0 Å². The highest BCUT2D eigenvalue weighted by Crippen LogP contribution is 2.13. The summed E-state index contributed by atoms with van der Waals surface area (Å²) >= 11 is 0. The molecular weight excluding hydrogens is 297 g/mol. The van der Waals surface area contributed by atoms with Crippen molar-refractivity contribution in [3.8, 4) is 0 Å². The molecule has 128 valence electrons. The molecule has 0 heterocycles. The predicted octanol–water partition coefficient (Wildman–Crippen LogP) is 2.69. The minimum absolute atomic E-state index is 0.136. The summed E-state index contributed by atoms with van der Waals surface area (Å²) in [4.78, 5) is 25.8. The largest absolute Gasteiger partial charge is 0.347 e. The number of likely N-dealkylation sites (N-methyl/N-ethyl adjacent to an activating group) is 1. The Kier molecular flexibility index (Phi) is 7.00. The Morgan fingerprint density at radius 3 is 2.13 bits per heavy atom. The lowest BCUT2D eigenvalue weighted by molar-refractivity contribution is -0.131. The molecular formula is C17H26FN3O2. The zero-order valence-electron chi connectivity index (χ0n) is 14.4. The van der Waals surface area contributed by atoms with Crippen LogP contribution >= 0.6 is 0 Å². The van der Waals surface area contributed by atoms with Gasteiger partial charge in [0.05, 0.1) is 6.04 Å². The second-order valence-corrected chi connectivity index (χ2v) is 6.31. The molecule has 1 rings (SSSR count). The number of carbonyl (C=O) groups excluding carboxylic acids is 2. The third-order valence-electron chi connectivity index (χ3n) is 3.47. The van der Waals surface area contributed by atoms with E-state index < -0.39 is 12.1 Å². The second-order valence-electron chi connectivity index (χ2n) is 6.31. The van der Waals surface area contributed by atoms with Crippen LogP contribution in [0.4, 0.5) is 9.18 Å². The average Bonchev–Trinajstić information content (AvgIpc) is 2.45. The molecule has 0 saturated carbocycles. The molecule has 0 aliphatic heterocycles. The molecule has 0 spiro atoms. The summed E-state index contributed by atoms with van der Waals surface area (Å²) in [5, 5.41) is 5.50. The van der Waals surface area contributed by atoms with Crippen LogP contribution in [0, 0.1) is 11.7 Å². The molecule has 6 heteroatoms. The van der Waals surface area contributed by atoms with Crippen molar-refractivity contribution in [3.05, 3.63) is 35.6 Å². The molecule has 0 aliphatic rings. The average molecular weight is 323 g/mol. The molecule has 0 bridgehead atoms. The van der Waals surface area contributed by atoms with Crippen molar-refractivity contribution in [3.63, 3.8) is 0 Å². The van der Waals surface area contributed by atoms with Gasteiger partial charge in [0, 0.05) is 14.1 Å². The first-order chi connectivity index (χ1) is 10.7. The van der Waals surface area contributed by atoms with Gasteiger partial charge in [-0.05, 0) is 37.0 Å². The highest BCUT2D eigenvalue weighted by Gasteiger charge is 2.23. The van der Waals surface area contributed by atoms with E-state index in [2.05, 4.69) is 10.6 Å². The molecule has 3 amide bonds. The van der Waals surface area contributed by atoms with E-state index in [-0.39, 0.29) is 23.7 Å². The Balaban J connectivity index is 2.67. The molecule has 2 N–H and O–H groups in total. The standard InChI is InChI=1S/C17H26FN3O2/c1-11(2)10-15(16(22)21(4)5)20-17(23)19-12(3)13-6-8-14(18)9-7-13/h6-9,11-12,15H,10H2,1-5H3,(H2,19,20,23)/t12-,15+/m0/s1. The molecule has 0 unspecified atom stereocenters. The van der Waals surface area contributed by atoms with E-state index in [1.807, 2.05) is 13.8 Å². The lowest BCUT2D eigenvalue weighted by Gasteiger charge is -2.24. The van der Waals surface area contributed by atoms with Gasteiger partial charge < -0.3 is 15.5 Å². The first kappa shape index (κ1) is 18.9. The van der Waals surface area contributed by atoms with Crippen molar-refractivity contribution in [2.45, 2.75) is 39.3 Å². The smallest absolute Gasteiger partial charge is 0.315 e. The summed E-state index contributed by atoms with van der Waals surface area (Å²) in [5.74, 6) is -0.180. The first-order valence-electron chi connectivity index (χ1n) is 7.74. The van der Waals surface area contributed by atoms with Crippen molar-refractivity contribution in [1.82, 2.24) is 15.5 Å². The highest BCUT2D eigenvalue weighted by molar-refractivity contribution is 5.86. The molecule has 5 nitrogen and oxygen atoms in total.